The first-order chi connectivity index (χ1) is 11.6. The van der Waals surface area contributed by atoms with Crippen LogP contribution in [0.3, 0.4) is 0 Å². The number of halogens is 3. The zero-order valence-electron chi connectivity index (χ0n) is 12.7. The maximum absolute atomic E-state index is 14.2. The molecule has 0 spiro atoms. The van der Waals surface area contributed by atoms with E-state index in [0.717, 1.165) is 35.6 Å². The molecule has 0 saturated carbocycles. The Balaban J connectivity index is 1.78. The Morgan fingerprint density at radius 1 is 1.17 bits per heavy atom. The molecule has 0 saturated heterocycles. The lowest BCUT2D eigenvalue weighted by Gasteiger charge is -2.07. The quantitative estimate of drug-likeness (QED) is 0.720. The lowest BCUT2D eigenvalue weighted by Crippen LogP contribution is -2.06. The summed E-state index contributed by atoms with van der Waals surface area (Å²) in [6.07, 6.45) is 1.45. The van der Waals surface area contributed by atoms with Crippen molar-refractivity contribution in [2.75, 3.05) is 11.9 Å². The number of nitrogens with zero attached hydrogens (tertiary/aromatic N) is 2. The number of hydrogen-bond donors (Lipinski definition) is 1. The van der Waals surface area contributed by atoms with Gasteiger partial charge in [-0.15, -0.1) is 0 Å². The van der Waals surface area contributed by atoms with Gasteiger partial charge in [-0.2, -0.15) is 5.10 Å². The molecule has 0 aliphatic carbocycles. The molecule has 0 amide bonds. The van der Waals surface area contributed by atoms with Gasteiger partial charge in [0.2, 0.25) is 0 Å². The van der Waals surface area contributed by atoms with Crippen molar-refractivity contribution in [1.29, 1.82) is 0 Å². The van der Waals surface area contributed by atoms with Crippen molar-refractivity contribution in [3.63, 3.8) is 0 Å². The van der Waals surface area contributed by atoms with Crippen LogP contribution in [0.4, 0.5) is 10.2 Å². The van der Waals surface area contributed by atoms with Crippen molar-refractivity contribution in [3.8, 4) is 5.69 Å². The van der Waals surface area contributed by atoms with Gasteiger partial charge in [0.05, 0.1) is 5.69 Å². The zero-order chi connectivity index (χ0) is 16.7. The van der Waals surface area contributed by atoms with Gasteiger partial charge in [-0.05, 0) is 36.2 Å². The first-order valence-electron chi connectivity index (χ1n) is 7.67. The molecule has 122 valence electrons. The molecule has 2 aromatic carbocycles. The van der Waals surface area contributed by atoms with Crippen molar-refractivity contribution < 1.29 is 4.39 Å². The van der Waals surface area contributed by atoms with Crippen LogP contribution < -0.4 is 5.32 Å². The second kappa shape index (κ2) is 6.11. The highest BCUT2D eigenvalue weighted by Crippen LogP contribution is 2.32. The molecule has 1 aliphatic rings. The van der Waals surface area contributed by atoms with Gasteiger partial charge in [-0.25, -0.2) is 9.07 Å². The molecule has 1 aliphatic heterocycles. The van der Waals surface area contributed by atoms with E-state index in [0.29, 0.717) is 22.2 Å². The standard InChI is InChI=1S/C18H14Cl2FN3/c19-12-6-5-11(14(20)10-12)9-16-13-7-8-22-18(13)24(23-16)17-4-2-1-3-15(17)21/h1-6,10,22H,7-9H2. The van der Waals surface area contributed by atoms with E-state index < -0.39 is 0 Å². The monoisotopic (exact) mass is 361 g/mol. The summed E-state index contributed by atoms with van der Waals surface area (Å²) in [5.74, 6) is 0.563. The van der Waals surface area contributed by atoms with E-state index in [1.807, 2.05) is 12.1 Å². The largest absolute Gasteiger partial charge is 0.369 e. The smallest absolute Gasteiger partial charge is 0.148 e. The minimum Gasteiger partial charge on any atom is -0.369 e. The van der Waals surface area contributed by atoms with Crippen LogP contribution in [-0.2, 0) is 12.8 Å². The van der Waals surface area contributed by atoms with Crippen LogP contribution in [0.2, 0.25) is 10.0 Å². The summed E-state index contributed by atoms with van der Waals surface area (Å²) in [7, 11) is 0. The van der Waals surface area contributed by atoms with Gasteiger partial charge >= 0.3 is 0 Å². The Bertz CT molecular complexity index is 921. The summed E-state index contributed by atoms with van der Waals surface area (Å²) >= 11 is 12.2. The molecule has 4 rings (SSSR count). The SMILES string of the molecule is Fc1ccccc1-n1nc(Cc2ccc(Cl)cc2Cl)c2c1NCC2. The lowest BCUT2D eigenvalue weighted by atomic mass is 10.1. The van der Waals surface area contributed by atoms with Gasteiger partial charge in [0, 0.05) is 28.6 Å². The predicted molar refractivity (Wildman–Crippen MR) is 95.0 cm³/mol. The molecule has 0 radical (unpaired) electrons. The molecule has 6 heteroatoms. The summed E-state index contributed by atoms with van der Waals surface area (Å²) in [4.78, 5) is 0. The molecule has 3 aromatic rings. The predicted octanol–water partition coefficient (Wildman–Crippen LogP) is 4.88. The molecule has 0 atom stereocenters. The Morgan fingerprint density at radius 2 is 2.00 bits per heavy atom. The van der Waals surface area contributed by atoms with Crippen LogP contribution >= 0.6 is 23.2 Å². The van der Waals surface area contributed by atoms with Crippen LogP contribution in [-0.4, -0.2) is 16.3 Å². The number of nitrogens with one attached hydrogen (secondary N) is 1. The molecule has 0 fully saturated rings. The Hall–Kier alpha value is -2.04. The van der Waals surface area contributed by atoms with E-state index in [1.165, 1.54) is 6.07 Å². The number of rotatable bonds is 3. The van der Waals surface area contributed by atoms with Gasteiger partial charge in [-0.3, -0.25) is 0 Å². The zero-order valence-corrected chi connectivity index (χ0v) is 14.2. The maximum atomic E-state index is 14.2. The molecule has 24 heavy (non-hydrogen) atoms. The second-order valence-electron chi connectivity index (χ2n) is 5.73. The van der Waals surface area contributed by atoms with Gasteiger partial charge in [-0.1, -0.05) is 41.4 Å². The summed E-state index contributed by atoms with van der Waals surface area (Å²) < 4.78 is 15.8. The normalized spacial score (nSPS) is 13.0. The van der Waals surface area contributed by atoms with Gasteiger partial charge in [0.25, 0.3) is 0 Å². The van der Waals surface area contributed by atoms with Crippen LogP contribution in [0, 0.1) is 5.82 Å². The number of hydrogen-bond acceptors (Lipinski definition) is 2. The Morgan fingerprint density at radius 3 is 2.79 bits per heavy atom. The molecule has 1 aromatic heterocycles. The molecule has 0 unspecified atom stereocenters. The highest BCUT2D eigenvalue weighted by molar-refractivity contribution is 6.35. The molecular weight excluding hydrogens is 348 g/mol. The summed E-state index contributed by atoms with van der Waals surface area (Å²) in [5, 5.41) is 9.17. The minimum atomic E-state index is -0.299. The fourth-order valence-corrected chi connectivity index (χ4v) is 3.51. The van der Waals surface area contributed by atoms with Gasteiger partial charge in [0.15, 0.2) is 0 Å². The number of anilines is 1. The van der Waals surface area contributed by atoms with Crippen molar-refractivity contribution >= 4 is 29.0 Å². The van der Waals surface area contributed by atoms with Crippen LogP contribution in [0.15, 0.2) is 42.5 Å². The van der Waals surface area contributed by atoms with E-state index in [1.54, 1.807) is 28.9 Å². The maximum Gasteiger partial charge on any atom is 0.148 e. The Labute approximate surface area is 149 Å². The molecule has 1 N–H and O–H groups in total. The van der Waals surface area contributed by atoms with E-state index in [2.05, 4.69) is 10.4 Å². The van der Waals surface area contributed by atoms with Crippen molar-refractivity contribution in [2.45, 2.75) is 12.8 Å². The topological polar surface area (TPSA) is 29.9 Å². The molecule has 2 heterocycles. The van der Waals surface area contributed by atoms with Crippen LogP contribution in [0.5, 0.6) is 0 Å². The van der Waals surface area contributed by atoms with Crippen molar-refractivity contribution in [3.05, 3.63) is 75.1 Å². The summed E-state index contributed by atoms with van der Waals surface area (Å²) in [6.45, 7) is 0.822. The number of aromatic nitrogens is 2. The Kier molecular flexibility index (Phi) is 3.94. The van der Waals surface area contributed by atoms with Crippen molar-refractivity contribution in [1.82, 2.24) is 9.78 Å². The number of fused-ring (bicyclic) bond motifs is 1. The molecule has 3 nitrogen and oxygen atoms in total. The van der Waals surface area contributed by atoms with Gasteiger partial charge in [0.1, 0.15) is 17.3 Å². The van der Waals surface area contributed by atoms with E-state index in [-0.39, 0.29) is 5.82 Å². The first-order valence-corrected chi connectivity index (χ1v) is 8.42. The number of para-hydroxylation sites is 1. The van der Waals surface area contributed by atoms with Gasteiger partial charge < -0.3 is 5.32 Å². The van der Waals surface area contributed by atoms with Crippen LogP contribution in [0.1, 0.15) is 16.8 Å². The third-order valence-electron chi connectivity index (χ3n) is 4.19. The average Bonchev–Trinajstić information content (AvgIpc) is 3.14. The fourth-order valence-electron chi connectivity index (χ4n) is 3.03. The molecule has 0 bridgehead atoms. The van der Waals surface area contributed by atoms with E-state index in [9.17, 15) is 4.39 Å². The first kappa shape index (κ1) is 15.5. The lowest BCUT2D eigenvalue weighted by molar-refractivity contribution is 0.610. The highest BCUT2D eigenvalue weighted by Gasteiger charge is 2.24. The third kappa shape index (κ3) is 2.66. The summed E-state index contributed by atoms with van der Waals surface area (Å²) in [6, 6.07) is 12.1. The minimum absolute atomic E-state index is 0.299. The van der Waals surface area contributed by atoms with E-state index >= 15 is 0 Å². The highest BCUT2D eigenvalue weighted by atomic mass is 35.5. The summed E-state index contributed by atoms with van der Waals surface area (Å²) in [5.41, 5.74) is 3.41. The average molecular weight is 362 g/mol. The number of benzene rings is 2. The van der Waals surface area contributed by atoms with Crippen molar-refractivity contribution in [2.24, 2.45) is 0 Å². The van der Waals surface area contributed by atoms with E-state index in [4.69, 9.17) is 23.2 Å². The fraction of sp³-hybridized carbons (Fsp3) is 0.167. The van der Waals surface area contributed by atoms with Crippen LogP contribution in [0.25, 0.3) is 5.69 Å². The second-order valence-corrected chi connectivity index (χ2v) is 6.57. The molecular formula is C18H14Cl2FN3. The third-order valence-corrected chi connectivity index (χ3v) is 4.77.